The molecule has 106 valence electrons. The quantitative estimate of drug-likeness (QED) is 0.589. The van der Waals surface area contributed by atoms with E-state index in [2.05, 4.69) is 24.0 Å². The van der Waals surface area contributed by atoms with E-state index in [9.17, 15) is 0 Å². The lowest BCUT2D eigenvalue weighted by Crippen LogP contribution is -2.26. The zero-order valence-corrected chi connectivity index (χ0v) is 11.8. The van der Waals surface area contributed by atoms with E-state index < -0.39 is 0 Å². The lowest BCUT2D eigenvalue weighted by molar-refractivity contribution is 0.155. The van der Waals surface area contributed by atoms with Crippen LogP contribution in [0.3, 0.4) is 0 Å². The van der Waals surface area contributed by atoms with E-state index in [1.165, 1.54) is 5.56 Å². The third-order valence-corrected chi connectivity index (χ3v) is 2.90. The summed E-state index contributed by atoms with van der Waals surface area (Å²) in [6.07, 6.45) is 1.70. The average Bonchev–Trinajstić information content (AvgIpc) is 2.97. The molecule has 3 heteroatoms. The molecule has 0 spiro atoms. The lowest BCUT2D eigenvalue weighted by Gasteiger charge is -2.17. The van der Waals surface area contributed by atoms with Gasteiger partial charge in [-0.2, -0.15) is 0 Å². The molecular formula is C17H21NO2. The maximum absolute atomic E-state index is 5.53. The molecule has 1 aromatic carbocycles. The van der Waals surface area contributed by atoms with Gasteiger partial charge in [0.05, 0.1) is 25.5 Å². The first-order chi connectivity index (χ1) is 9.77. The van der Waals surface area contributed by atoms with E-state index in [4.69, 9.17) is 9.15 Å². The van der Waals surface area contributed by atoms with Gasteiger partial charge in [-0.3, -0.25) is 0 Å². The van der Waals surface area contributed by atoms with Crippen molar-refractivity contribution in [2.75, 3.05) is 19.8 Å². The molecule has 0 aliphatic carbocycles. The van der Waals surface area contributed by atoms with E-state index in [1.54, 1.807) is 6.26 Å². The Morgan fingerprint density at radius 1 is 1.25 bits per heavy atom. The summed E-state index contributed by atoms with van der Waals surface area (Å²) >= 11 is 0. The van der Waals surface area contributed by atoms with Gasteiger partial charge in [0, 0.05) is 6.54 Å². The Morgan fingerprint density at radius 3 is 2.70 bits per heavy atom. The molecule has 1 aromatic heterocycles. The van der Waals surface area contributed by atoms with Gasteiger partial charge in [0.15, 0.2) is 0 Å². The van der Waals surface area contributed by atoms with Crippen molar-refractivity contribution in [3.05, 3.63) is 72.2 Å². The summed E-state index contributed by atoms with van der Waals surface area (Å²) in [6.45, 7) is 7.79. The fourth-order valence-electron chi connectivity index (χ4n) is 2.01. The first-order valence-electron chi connectivity index (χ1n) is 6.81. The van der Waals surface area contributed by atoms with Crippen LogP contribution in [0.5, 0.6) is 0 Å². The standard InChI is InChI=1S/C17H21NO2/c1-14(2)13-19-12-10-18-17(16-9-6-11-20-16)15-7-4-3-5-8-15/h3-9,11,17-18H,1,10,12-13H2,2H3. The Kier molecular flexibility index (Phi) is 5.59. The number of hydrogen-bond acceptors (Lipinski definition) is 3. The third kappa shape index (κ3) is 4.37. The Hall–Kier alpha value is -1.84. The molecule has 0 radical (unpaired) electrons. The molecule has 0 aliphatic rings. The van der Waals surface area contributed by atoms with Gasteiger partial charge in [0.25, 0.3) is 0 Å². The lowest BCUT2D eigenvalue weighted by atomic mass is 10.0. The molecule has 0 amide bonds. The number of nitrogens with one attached hydrogen (secondary N) is 1. The van der Waals surface area contributed by atoms with Crippen molar-refractivity contribution < 1.29 is 9.15 Å². The molecule has 1 unspecified atom stereocenters. The van der Waals surface area contributed by atoms with Crippen LogP contribution in [0.4, 0.5) is 0 Å². The van der Waals surface area contributed by atoms with Crippen LogP contribution >= 0.6 is 0 Å². The molecule has 0 saturated carbocycles. The van der Waals surface area contributed by atoms with Crippen LogP contribution in [-0.4, -0.2) is 19.8 Å². The molecule has 0 aliphatic heterocycles. The molecule has 1 atom stereocenters. The van der Waals surface area contributed by atoms with Crippen molar-refractivity contribution >= 4 is 0 Å². The zero-order valence-electron chi connectivity index (χ0n) is 11.8. The summed E-state index contributed by atoms with van der Waals surface area (Å²) in [5, 5.41) is 3.46. The molecule has 2 aromatic rings. The van der Waals surface area contributed by atoms with Crippen molar-refractivity contribution in [1.82, 2.24) is 5.32 Å². The first kappa shape index (κ1) is 14.6. The van der Waals surface area contributed by atoms with Crippen molar-refractivity contribution in [2.24, 2.45) is 0 Å². The van der Waals surface area contributed by atoms with Gasteiger partial charge in [-0.1, -0.05) is 42.5 Å². The van der Waals surface area contributed by atoms with Crippen LogP contribution < -0.4 is 5.32 Å². The van der Waals surface area contributed by atoms with Crippen LogP contribution in [0, 0.1) is 0 Å². The maximum Gasteiger partial charge on any atom is 0.125 e. The second-order valence-corrected chi connectivity index (χ2v) is 4.82. The number of ether oxygens (including phenoxy) is 1. The summed E-state index contributed by atoms with van der Waals surface area (Å²) in [7, 11) is 0. The maximum atomic E-state index is 5.53. The molecule has 3 nitrogen and oxygen atoms in total. The van der Waals surface area contributed by atoms with E-state index in [1.807, 2.05) is 37.3 Å². The minimum atomic E-state index is 0.0552. The predicted octanol–water partition coefficient (Wildman–Crippen LogP) is 3.55. The van der Waals surface area contributed by atoms with Crippen LogP contribution in [0.2, 0.25) is 0 Å². The monoisotopic (exact) mass is 271 g/mol. The highest BCUT2D eigenvalue weighted by molar-refractivity contribution is 5.26. The Labute approximate surface area is 120 Å². The first-order valence-corrected chi connectivity index (χ1v) is 6.81. The Bertz CT molecular complexity index is 505. The van der Waals surface area contributed by atoms with Crippen molar-refractivity contribution in [3.63, 3.8) is 0 Å². The number of rotatable bonds is 8. The highest BCUT2D eigenvalue weighted by Crippen LogP contribution is 2.21. The SMILES string of the molecule is C=C(C)COCCNC(c1ccccc1)c1ccco1. The van der Waals surface area contributed by atoms with Gasteiger partial charge in [0.1, 0.15) is 5.76 Å². The summed E-state index contributed by atoms with van der Waals surface area (Å²) in [6, 6.07) is 14.2. The Balaban J connectivity index is 1.93. The van der Waals surface area contributed by atoms with Gasteiger partial charge in [-0.05, 0) is 24.6 Å². The Morgan fingerprint density at radius 2 is 2.05 bits per heavy atom. The summed E-state index contributed by atoms with van der Waals surface area (Å²) < 4.78 is 11.0. The minimum Gasteiger partial charge on any atom is -0.467 e. The molecule has 2 rings (SSSR count). The predicted molar refractivity (Wildman–Crippen MR) is 80.6 cm³/mol. The molecule has 0 saturated heterocycles. The van der Waals surface area contributed by atoms with Gasteiger partial charge in [-0.25, -0.2) is 0 Å². The minimum absolute atomic E-state index is 0.0552. The molecule has 1 N–H and O–H groups in total. The van der Waals surface area contributed by atoms with E-state index in [-0.39, 0.29) is 6.04 Å². The zero-order chi connectivity index (χ0) is 14.2. The highest BCUT2D eigenvalue weighted by Gasteiger charge is 2.15. The van der Waals surface area contributed by atoms with Gasteiger partial charge in [-0.15, -0.1) is 0 Å². The summed E-state index contributed by atoms with van der Waals surface area (Å²) in [5.41, 5.74) is 2.22. The number of hydrogen-bond donors (Lipinski definition) is 1. The number of benzene rings is 1. The average molecular weight is 271 g/mol. The summed E-state index contributed by atoms with van der Waals surface area (Å²) in [5.74, 6) is 0.913. The molecule has 20 heavy (non-hydrogen) atoms. The van der Waals surface area contributed by atoms with E-state index >= 15 is 0 Å². The van der Waals surface area contributed by atoms with Gasteiger partial charge in [0.2, 0.25) is 0 Å². The van der Waals surface area contributed by atoms with Crippen LogP contribution in [-0.2, 0) is 4.74 Å². The van der Waals surface area contributed by atoms with Crippen LogP contribution in [0.15, 0.2) is 65.3 Å². The normalized spacial score (nSPS) is 12.2. The fourth-order valence-corrected chi connectivity index (χ4v) is 2.01. The largest absolute Gasteiger partial charge is 0.467 e. The van der Waals surface area contributed by atoms with E-state index in [0.29, 0.717) is 13.2 Å². The van der Waals surface area contributed by atoms with Crippen LogP contribution in [0.1, 0.15) is 24.3 Å². The number of furan rings is 1. The van der Waals surface area contributed by atoms with Crippen LogP contribution in [0.25, 0.3) is 0 Å². The molecule has 0 bridgehead atoms. The topological polar surface area (TPSA) is 34.4 Å². The molecular weight excluding hydrogens is 250 g/mol. The second-order valence-electron chi connectivity index (χ2n) is 4.82. The molecule has 1 heterocycles. The van der Waals surface area contributed by atoms with Gasteiger partial charge < -0.3 is 14.5 Å². The smallest absolute Gasteiger partial charge is 0.125 e. The highest BCUT2D eigenvalue weighted by atomic mass is 16.5. The third-order valence-electron chi connectivity index (χ3n) is 2.90. The fraction of sp³-hybridized carbons (Fsp3) is 0.294. The summed E-state index contributed by atoms with van der Waals surface area (Å²) in [4.78, 5) is 0. The van der Waals surface area contributed by atoms with Crippen molar-refractivity contribution in [3.8, 4) is 0 Å². The van der Waals surface area contributed by atoms with E-state index in [0.717, 1.165) is 17.9 Å². The second kappa shape index (κ2) is 7.68. The van der Waals surface area contributed by atoms with Crippen molar-refractivity contribution in [1.29, 1.82) is 0 Å². The molecule has 0 fully saturated rings. The van der Waals surface area contributed by atoms with Gasteiger partial charge >= 0.3 is 0 Å². The van der Waals surface area contributed by atoms with Crippen molar-refractivity contribution in [2.45, 2.75) is 13.0 Å².